The number of benzene rings is 1. The van der Waals surface area contributed by atoms with E-state index in [9.17, 15) is 4.39 Å². The maximum absolute atomic E-state index is 13.1. The summed E-state index contributed by atoms with van der Waals surface area (Å²) in [4.78, 5) is 1.15. The molecule has 0 aliphatic rings. The predicted octanol–water partition coefficient (Wildman–Crippen LogP) is 3.44. The minimum atomic E-state index is -0.159. The van der Waals surface area contributed by atoms with Crippen LogP contribution in [0.15, 0.2) is 23.1 Å². The third-order valence-corrected chi connectivity index (χ3v) is 3.33. The third kappa shape index (κ3) is 3.84. The largest absolute Gasteiger partial charge is 0.310 e. The van der Waals surface area contributed by atoms with Crippen LogP contribution in [-0.4, -0.2) is 12.3 Å². The molecule has 1 aromatic rings. The molecule has 0 heterocycles. The van der Waals surface area contributed by atoms with Crippen LogP contribution in [-0.2, 0) is 6.54 Å². The molecule has 0 amide bonds. The van der Waals surface area contributed by atoms with Crippen molar-refractivity contribution < 1.29 is 4.39 Å². The standard InChI is InChI=1S/C12H18FNS/c1-4-9(2)14-8-10-7-11(13)5-6-12(10)15-3/h5-7,9,14H,4,8H2,1-3H3. The first-order valence-electron chi connectivity index (χ1n) is 5.23. The molecule has 1 N–H and O–H groups in total. The van der Waals surface area contributed by atoms with Crippen molar-refractivity contribution in [2.24, 2.45) is 0 Å². The van der Waals surface area contributed by atoms with Crippen molar-refractivity contribution in [2.45, 2.75) is 37.8 Å². The molecule has 0 aliphatic heterocycles. The van der Waals surface area contributed by atoms with Crippen molar-refractivity contribution in [3.8, 4) is 0 Å². The lowest BCUT2D eigenvalue weighted by atomic mass is 10.2. The van der Waals surface area contributed by atoms with Crippen molar-refractivity contribution in [1.29, 1.82) is 0 Å². The van der Waals surface area contributed by atoms with E-state index in [1.165, 1.54) is 6.07 Å². The number of halogens is 1. The molecule has 0 aliphatic carbocycles. The lowest BCUT2D eigenvalue weighted by Crippen LogP contribution is -2.24. The van der Waals surface area contributed by atoms with E-state index in [1.54, 1.807) is 17.8 Å². The van der Waals surface area contributed by atoms with E-state index in [-0.39, 0.29) is 5.82 Å². The molecule has 0 bridgehead atoms. The molecule has 0 fully saturated rings. The Morgan fingerprint density at radius 2 is 2.20 bits per heavy atom. The molecule has 0 aromatic heterocycles. The Balaban J connectivity index is 2.69. The van der Waals surface area contributed by atoms with Gasteiger partial charge in [-0.25, -0.2) is 4.39 Å². The summed E-state index contributed by atoms with van der Waals surface area (Å²) in [5, 5.41) is 3.37. The number of nitrogens with one attached hydrogen (secondary N) is 1. The number of hydrogen-bond donors (Lipinski definition) is 1. The zero-order valence-corrected chi connectivity index (χ0v) is 10.3. The SMILES string of the molecule is CCC(C)NCc1cc(F)ccc1SC. The van der Waals surface area contributed by atoms with Gasteiger partial charge in [0.25, 0.3) is 0 Å². The number of thioether (sulfide) groups is 1. The van der Waals surface area contributed by atoms with Gasteiger partial charge in [0.15, 0.2) is 0 Å². The van der Waals surface area contributed by atoms with Crippen molar-refractivity contribution in [2.75, 3.05) is 6.26 Å². The van der Waals surface area contributed by atoms with E-state index in [1.807, 2.05) is 12.3 Å². The Morgan fingerprint density at radius 3 is 2.80 bits per heavy atom. The summed E-state index contributed by atoms with van der Waals surface area (Å²) in [5.41, 5.74) is 1.04. The summed E-state index contributed by atoms with van der Waals surface area (Å²) in [7, 11) is 0. The molecular formula is C12H18FNS. The van der Waals surface area contributed by atoms with Crippen molar-refractivity contribution in [1.82, 2.24) is 5.32 Å². The van der Waals surface area contributed by atoms with Crippen LogP contribution in [0.1, 0.15) is 25.8 Å². The number of rotatable bonds is 5. The smallest absolute Gasteiger partial charge is 0.123 e. The normalized spacial score (nSPS) is 12.8. The average molecular weight is 227 g/mol. The second kappa shape index (κ2) is 6.13. The van der Waals surface area contributed by atoms with Gasteiger partial charge in [-0.1, -0.05) is 6.92 Å². The van der Waals surface area contributed by atoms with E-state index >= 15 is 0 Å². The topological polar surface area (TPSA) is 12.0 Å². The molecule has 1 nitrogen and oxygen atoms in total. The first-order valence-corrected chi connectivity index (χ1v) is 6.45. The highest BCUT2D eigenvalue weighted by Gasteiger charge is 2.04. The van der Waals surface area contributed by atoms with Gasteiger partial charge in [-0.3, -0.25) is 0 Å². The van der Waals surface area contributed by atoms with E-state index in [2.05, 4.69) is 19.2 Å². The quantitative estimate of drug-likeness (QED) is 0.773. The zero-order valence-electron chi connectivity index (χ0n) is 9.51. The Bertz CT molecular complexity index is 314. The van der Waals surface area contributed by atoms with E-state index in [0.717, 1.165) is 23.4 Å². The van der Waals surface area contributed by atoms with Crippen LogP contribution in [0.3, 0.4) is 0 Å². The third-order valence-electron chi connectivity index (χ3n) is 2.50. The van der Waals surface area contributed by atoms with Gasteiger partial charge in [-0.15, -0.1) is 11.8 Å². The van der Waals surface area contributed by atoms with Crippen molar-refractivity contribution >= 4 is 11.8 Å². The summed E-state index contributed by atoms with van der Waals surface area (Å²) in [6.45, 7) is 5.01. The fraction of sp³-hybridized carbons (Fsp3) is 0.500. The minimum Gasteiger partial charge on any atom is -0.310 e. The van der Waals surface area contributed by atoms with Crippen molar-refractivity contribution in [3.63, 3.8) is 0 Å². The second-order valence-corrected chi connectivity index (χ2v) is 4.49. The van der Waals surface area contributed by atoms with Crippen LogP contribution in [0.5, 0.6) is 0 Å². The maximum atomic E-state index is 13.1. The Labute approximate surface area is 95.5 Å². The van der Waals surface area contributed by atoms with Gasteiger partial charge in [0.1, 0.15) is 5.82 Å². The van der Waals surface area contributed by atoms with Crippen LogP contribution in [0.25, 0.3) is 0 Å². The highest BCUT2D eigenvalue weighted by Crippen LogP contribution is 2.21. The van der Waals surface area contributed by atoms with Gasteiger partial charge in [0, 0.05) is 17.5 Å². The van der Waals surface area contributed by atoms with Gasteiger partial charge in [0.05, 0.1) is 0 Å². The van der Waals surface area contributed by atoms with Crippen LogP contribution in [0, 0.1) is 5.82 Å². The van der Waals surface area contributed by atoms with E-state index in [0.29, 0.717) is 6.04 Å². The first kappa shape index (κ1) is 12.5. The average Bonchev–Trinajstić information content (AvgIpc) is 2.26. The van der Waals surface area contributed by atoms with E-state index < -0.39 is 0 Å². The molecule has 84 valence electrons. The molecule has 15 heavy (non-hydrogen) atoms. The summed E-state index contributed by atoms with van der Waals surface area (Å²) < 4.78 is 13.1. The second-order valence-electron chi connectivity index (χ2n) is 3.65. The van der Waals surface area contributed by atoms with Crippen LogP contribution in [0.2, 0.25) is 0 Å². The molecular weight excluding hydrogens is 209 g/mol. The van der Waals surface area contributed by atoms with Gasteiger partial charge in [-0.2, -0.15) is 0 Å². The summed E-state index contributed by atoms with van der Waals surface area (Å²) in [6.07, 6.45) is 3.10. The molecule has 1 aromatic carbocycles. The molecule has 0 spiro atoms. The lowest BCUT2D eigenvalue weighted by Gasteiger charge is -2.13. The molecule has 1 rings (SSSR count). The predicted molar refractivity (Wildman–Crippen MR) is 64.8 cm³/mol. The van der Waals surface area contributed by atoms with Crippen molar-refractivity contribution in [3.05, 3.63) is 29.6 Å². The molecule has 0 radical (unpaired) electrons. The summed E-state index contributed by atoms with van der Waals surface area (Å²) >= 11 is 1.66. The zero-order chi connectivity index (χ0) is 11.3. The monoisotopic (exact) mass is 227 g/mol. The molecule has 3 heteroatoms. The van der Waals surface area contributed by atoms with Gasteiger partial charge in [-0.05, 0) is 43.4 Å². The highest BCUT2D eigenvalue weighted by molar-refractivity contribution is 7.98. The van der Waals surface area contributed by atoms with Crippen LogP contribution in [0.4, 0.5) is 4.39 Å². The lowest BCUT2D eigenvalue weighted by molar-refractivity contribution is 0.528. The van der Waals surface area contributed by atoms with Gasteiger partial charge in [0.2, 0.25) is 0 Å². The molecule has 1 unspecified atom stereocenters. The van der Waals surface area contributed by atoms with Gasteiger partial charge >= 0.3 is 0 Å². The summed E-state index contributed by atoms with van der Waals surface area (Å²) in [6, 6.07) is 5.44. The Morgan fingerprint density at radius 1 is 1.47 bits per heavy atom. The van der Waals surface area contributed by atoms with Crippen LogP contribution < -0.4 is 5.32 Å². The van der Waals surface area contributed by atoms with Gasteiger partial charge < -0.3 is 5.32 Å². The Kier molecular flexibility index (Phi) is 5.12. The molecule has 1 atom stereocenters. The van der Waals surface area contributed by atoms with E-state index in [4.69, 9.17) is 0 Å². The number of hydrogen-bond acceptors (Lipinski definition) is 2. The Hall–Kier alpha value is -0.540. The fourth-order valence-electron chi connectivity index (χ4n) is 1.31. The molecule has 0 saturated heterocycles. The molecule has 0 saturated carbocycles. The summed E-state index contributed by atoms with van der Waals surface area (Å²) in [5.74, 6) is -0.159. The fourth-order valence-corrected chi connectivity index (χ4v) is 1.91. The maximum Gasteiger partial charge on any atom is 0.123 e. The van der Waals surface area contributed by atoms with Crippen LogP contribution >= 0.6 is 11.8 Å². The minimum absolute atomic E-state index is 0.159. The highest BCUT2D eigenvalue weighted by atomic mass is 32.2. The first-order chi connectivity index (χ1) is 7.17.